The van der Waals surface area contributed by atoms with E-state index in [1.54, 1.807) is 167 Å². The Morgan fingerprint density at radius 3 is 1.08 bits per heavy atom. The molecule has 5 N–H and O–H groups in total. The molecule has 4 saturated heterocycles. The van der Waals surface area contributed by atoms with E-state index in [2.05, 4.69) is 33.2 Å². The van der Waals surface area contributed by atoms with Crippen molar-refractivity contribution in [2.24, 2.45) is 0 Å². The Kier molecular flexibility index (Phi) is 36.8. The van der Waals surface area contributed by atoms with Crippen molar-refractivity contribution in [3.8, 4) is 11.1 Å². The number of nitrogens with one attached hydrogen (secondary N) is 5. The van der Waals surface area contributed by atoms with E-state index in [0.717, 1.165) is 44.6 Å². The summed E-state index contributed by atoms with van der Waals surface area (Å²) in [7, 11) is -18.9. The van der Waals surface area contributed by atoms with Crippen LogP contribution in [0.2, 0.25) is 0 Å². The Balaban J connectivity index is 0.000000156. The minimum atomic E-state index is -3.92. The maximum atomic E-state index is 13.7. The fourth-order valence-corrected chi connectivity index (χ4v) is 23.5. The number of sulfone groups is 1. The summed E-state index contributed by atoms with van der Waals surface area (Å²) in [5.74, 6) is -2.96. The molecule has 139 heavy (non-hydrogen) atoms. The highest BCUT2D eigenvalue weighted by Crippen LogP contribution is 2.34. The standard InChI is InChI=1S/C23H22N2O4S.C22H21FN2O2S.C20H24N2O5S.C18H19FN2O4S.C18H20N2O5S2/c26-23(20-12-10-19(11-13-20)18-6-2-1-3-7-18)24-21-8-4-5-9-22(21)30(27,28)25-14-16-29-17-15-25;1-17(19-12-14-20(23)15-13-19)24-21-10-6-7-11-22(21)28(26,27)25(2)16-18-8-4-3-5-9-18;1-26-13-10-16-6-8-17(9-7-16)20(23)21-18-4-2-3-5-19(18)28(24,25)22-11-14-27-15-12-22;1-13-6-7-14(12-15(13)19)18(22)20-16-4-2-3-5-17(16)26(23,24)21-8-10-25-11-9-21;1-14-6-8-15(9-7-14)18(21)19-16-4-2-3-5-17(16)27(24,25)20-10-12-26(22,23)13-11-20/h1-13H,14-17H2,(H,24,26);3-15,24H,1,16H2,2H3;2-9H,10-15H2,1H3,(H,21,23);2-7,12H,8-11H2,1H3,(H,20,22);2-9H,10-13H2,1H3,(H,19,21). The molecule has 0 bridgehead atoms. The molecule has 30 nitrogen and oxygen atoms in total. The fourth-order valence-electron chi connectivity index (χ4n) is 14.5. The molecule has 38 heteroatoms. The molecule has 0 spiro atoms. The Bertz CT molecular complexity index is 7020. The second-order valence-electron chi connectivity index (χ2n) is 32.0. The Morgan fingerprint density at radius 1 is 0.374 bits per heavy atom. The van der Waals surface area contributed by atoms with E-state index in [9.17, 15) is 78.5 Å². The SMILES string of the molecule is C=C(Nc1ccccc1S(=O)(=O)N(C)Cc1ccccc1)c1ccc(F)cc1.COCCc1ccc(C(=O)Nc2ccccc2S(=O)(=O)N2CCOCC2)cc1.Cc1ccc(C(=O)Nc2ccccc2S(=O)(=O)N2CCOCC2)cc1F.Cc1ccc(C(=O)Nc2ccccc2S(=O)(=O)N2CCS(=O)(=O)CC2)cc1.O=C(Nc1ccccc1S(=O)(=O)N1CCOCC1)c1ccc(-c2ccccc2)cc1. The van der Waals surface area contributed by atoms with Gasteiger partial charge >= 0.3 is 0 Å². The van der Waals surface area contributed by atoms with E-state index in [1.807, 2.05) is 91.9 Å². The van der Waals surface area contributed by atoms with Gasteiger partial charge in [0.15, 0.2) is 9.84 Å². The zero-order valence-corrected chi connectivity index (χ0v) is 81.4. The third-order valence-electron chi connectivity index (χ3n) is 22.3. The van der Waals surface area contributed by atoms with Gasteiger partial charge in [-0.1, -0.05) is 188 Å². The smallest absolute Gasteiger partial charge is 0.255 e. The number of nitrogens with zero attached hydrogens (tertiary/aromatic N) is 5. The number of para-hydroxylation sites is 5. The first kappa shape index (κ1) is 105. The average molecular weight is 2010 g/mol. The van der Waals surface area contributed by atoms with Gasteiger partial charge in [-0.15, -0.1) is 0 Å². The molecular weight excluding hydrogens is 1900 g/mol. The number of amides is 4. The van der Waals surface area contributed by atoms with Gasteiger partial charge in [0.2, 0.25) is 50.1 Å². The zero-order chi connectivity index (χ0) is 99.5. The summed E-state index contributed by atoms with van der Waals surface area (Å²) in [4.78, 5) is 50.6. The number of ether oxygens (including phenoxy) is 4. The molecular formula is C101H106F2N10O20S6. The summed E-state index contributed by atoms with van der Waals surface area (Å²) in [5.41, 5.74) is 9.32. The molecule has 12 aromatic carbocycles. The number of sulfonamides is 5. The van der Waals surface area contributed by atoms with E-state index < -0.39 is 77.6 Å². The lowest BCUT2D eigenvalue weighted by Gasteiger charge is -2.27. The topological polar surface area (TPSA) is 386 Å². The van der Waals surface area contributed by atoms with Gasteiger partial charge in [0, 0.05) is 101 Å². The summed E-state index contributed by atoms with van der Waals surface area (Å²) in [6.45, 7) is 12.0. The summed E-state index contributed by atoms with van der Waals surface area (Å²) in [6.07, 6.45) is 0.763. The van der Waals surface area contributed by atoms with Gasteiger partial charge in [-0.2, -0.15) is 21.5 Å². The highest BCUT2D eigenvalue weighted by Gasteiger charge is 2.36. The first-order valence-electron chi connectivity index (χ1n) is 44.0. The summed E-state index contributed by atoms with van der Waals surface area (Å²) < 4.78 is 207. The van der Waals surface area contributed by atoms with Crippen LogP contribution in [0.3, 0.4) is 0 Å². The molecule has 4 fully saturated rings. The van der Waals surface area contributed by atoms with Gasteiger partial charge in [0.1, 0.15) is 36.1 Å². The second kappa shape index (κ2) is 48.7. The van der Waals surface area contributed by atoms with Crippen LogP contribution >= 0.6 is 0 Å². The van der Waals surface area contributed by atoms with Crippen molar-refractivity contribution in [2.45, 2.75) is 51.3 Å². The largest absolute Gasteiger partial charge is 0.384 e. The van der Waals surface area contributed by atoms with Crippen molar-refractivity contribution >= 4 is 118 Å². The van der Waals surface area contributed by atoms with Crippen molar-refractivity contribution in [1.82, 2.24) is 21.5 Å². The molecule has 0 aromatic heterocycles. The lowest BCUT2D eigenvalue weighted by Crippen LogP contribution is -2.43. The number of methoxy groups -OCH3 is 1. The summed E-state index contributed by atoms with van der Waals surface area (Å²) >= 11 is 0. The second-order valence-corrected chi connectivity index (χ2v) is 43.9. The van der Waals surface area contributed by atoms with Gasteiger partial charge < -0.3 is 45.5 Å². The molecule has 12 aromatic rings. The molecule has 0 radical (unpaired) electrons. The lowest BCUT2D eigenvalue weighted by atomic mass is 10.0. The molecule has 4 aliphatic heterocycles. The third-order valence-corrected chi connectivity index (χ3v) is 33.6. The molecule has 4 aliphatic rings. The number of aryl methyl sites for hydroxylation is 2. The first-order chi connectivity index (χ1) is 66.5. The number of carbonyl (C=O) groups excluding carboxylic acids is 4. The molecule has 0 saturated carbocycles. The highest BCUT2D eigenvalue weighted by molar-refractivity contribution is 7.92. The van der Waals surface area contributed by atoms with Gasteiger partial charge in [-0.05, 0) is 175 Å². The predicted molar refractivity (Wildman–Crippen MR) is 531 cm³/mol. The first-order valence-corrected chi connectivity index (χ1v) is 53.0. The van der Waals surface area contributed by atoms with Crippen molar-refractivity contribution in [3.63, 3.8) is 0 Å². The molecule has 0 aliphatic carbocycles. The van der Waals surface area contributed by atoms with Crippen molar-refractivity contribution in [1.29, 1.82) is 0 Å². The van der Waals surface area contributed by atoms with Crippen LogP contribution in [0.4, 0.5) is 37.2 Å². The average Bonchev–Trinajstić information content (AvgIpc) is 0.811. The van der Waals surface area contributed by atoms with Crippen LogP contribution in [0, 0.1) is 25.5 Å². The Morgan fingerprint density at radius 2 is 0.691 bits per heavy atom. The van der Waals surface area contributed by atoms with E-state index in [-0.39, 0.29) is 115 Å². The van der Waals surface area contributed by atoms with Crippen LogP contribution in [-0.2, 0) is 91.9 Å². The molecule has 730 valence electrons. The van der Waals surface area contributed by atoms with E-state index in [0.29, 0.717) is 112 Å². The van der Waals surface area contributed by atoms with Crippen LogP contribution in [-0.4, -0.2) is 220 Å². The molecule has 4 heterocycles. The quantitative estimate of drug-likeness (QED) is 0.0319. The van der Waals surface area contributed by atoms with Crippen LogP contribution < -0.4 is 26.6 Å². The summed E-state index contributed by atoms with van der Waals surface area (Å²) in [6, 6.07) is 82.4. The highest BCUT2D eigenvalue weighted by atomic mass is 32.2. The van der Waals surface area contributed by atoms with Gasteiger partial charge in [0.25, 0.3) is 23.6 Å². The van der Waals surface area contributed by atoms with E-state index in [4.69, 9.17) is 18.9 Å². The van der Waals surface area contributed by atoms with E-state index >= 15 is 0 Å². The molecule has 4 amide bonds. The van der Waals surface area contributed by atoms with Crippen molar-refractivity contribution in [3.05, 3.63) is 366 Å². The number of anilines is 5. The number of rotatable bonds is 27. The predicted octanol–water partition coefficient (Wildman–Crippen LogP) is 14.6. The van der Waals surface area contributed by atoms with Gasteiger partial charge in [-0.25, -0.2) is 59.3 Å². The molecule has 0 atom stereocenters. The van der Waals surface area contributed by atoms with Crippen molar-refractivity contribution in [2.75, 3.05) is 151 Å². The zero-order valence-electron chi connectivity index (χ0n) is 76.5. The monoisotopic (exact) mass is 2010 g/mol. The number of morpholine rings is 3. The minimum absolute atomic E-state index is 0.00262. The maximum Gasteiger partial charge on any atom is 0.255 e. The molecule has 0 unspecified atom stereocenters. The Labute approximate surface area is 809 Å². The number of carbonyl (C=O) groups is 4. The van der Waals surface area contributed by atoms with Crippen LogP contribution in [0.25, 0.3) is 16.8 Å². The maximum absolute atomic E-state index is 13.7. The number of benzene rings is 12. The number of hydrogen-bond acceptors (Lipinski definition) is 21. The Hall–Kier alpha value is -12.7. The molecule has 16 rings (SSSR count). The fraction of sp³-hybridized carbons (Fsp3) is 0.228. The van der Waals surface area contributed by atoms with Crippen LogP contribution in [0.1, 0.15) is 69.2 Å². The normalized spacial score (nSPS) is 14.9. The summed E-state index contributed by atoms with van der Waals surface area (Å²) in [5, 5.41) is 13.8. The van der Waals surface area contributed by atoms with Gasteiger partial charge in [-0.3, -0.25) is 19.2 Å². The minimum Gasteiger partial charge on any atom is -0.384 e. The van der Waals surface area contributed by atoms with Crippen LogP contribution in [0.15, 0.2) is 328 Å². The van der Waals surface area contributed by atoms with E-state index in [1.165, 1.54) is 77.9 Å². The number of hydrogen-bond donors (Lipinski definition) is 5. The van der Waals surface area contributed by atoms with Crippen LogP contribution in [0.5, 0.6) is 0 Å². The lowest BCUT2D eigenvalue weighted by molar-refractivity contribution is 0.0730. The number of halogens is 2. The van der Waals surface area contributed by atoms with Crippen molar-refractivity contribution < 1.29 is 97.4 Å². The third kappa shape index (κ3) is 28.3. The van der Waals surface area contributed by atoms with Gasteiger partial charge in [0.05, 0.1) is 86.2 Å².